The van der Waals surface area contributed by atoms with Crippen LogP contribution >= 0.6 is 0 Å². The summed E-state index contributed by atoms with van der Waals surface area (Å²) in [6.45, 7) is 18.5. The molecule has 8 atom stereocenters. The summed E-state index contributed by atoms with van der Waals surface area (Å²) in [4.78, 5) is 11.7. The van der Waals surface area contributed by atoms with Crippen molar-refractivity contribution in [2.45, 2.75) is 106 Å². The van der Waals surface area contributed by atoms with Gasteiger partial charge in [-0.2, -0.15) is 0 Å². The Morgan fingerprint density at radius 1 is 0.976 bits per heavy atom. The lowest BCUT2D eigenvalue weighted by Gasteiger charge is -2.72. The summed E-state index contributed by atoms with van der Waals surface area (Å²) in [6.07, 6.45) is 16.9. The predicted molar refractivity (Wildman–Crippen MR) is 172 cm³/mol. The van der Waals surface area contributed by atoms with Gasteiger partial charge in [0.2, 0.25) is 0 Å². The number of benzene rings is 1. The van der Waals surface area contributed by atoms with Gasteiger partial charge in [0, 0.05) is 6.61 Å². The fourth-order valence-corrected chi connectivity index (χ4v) is 12.1. The number of aliphatic hydroxyl groups is 1. The number of allylic oxidation sites excluding steroid dienone is 3. The van der Waals surface area contributed by atoms with E-state index in [1.165, 1.54) is 63.4 Å². The van der Waals surface area contributed by atoms with Crippen molar-refractivity contribution in [2.24, 2.45) is 50.7 Å². The summed E-state index contributed by atoms with van der Waals surface area (Å²) < 4.78 is 5.50. The highest BCUT2D eigenvalue weighted by Gasteiger charge is 2.69. The Labute approximate surface area is 255 Å². The fourth-order valence-electron chi connectivity index (χ4n) is 12.1. The number of aliphatic hydroxyl groups excluding tert-OH is 1. The number of carboxylic acids is 1. The van der Waals surface area contributed by atoms with Crippen LogP contribution in [0.1, 0.15) is 122 Å². The van der Waals surface area contributed by atoms with Gasteiger partial charge < -0.3 is 14.9 Å². The highest BCUT2D eigenvalue weighted by molar-refractivity contribution is 5.91. The van der Waals surface area contributed by atoms with Crippen LogP contribution in [0.4, 0.5) is 0 Å². The highest BCUT2D eigenvalue weighted by Crippen LogP contribution is 2.77. The number of carboxylic acid groups (broad SMARTS) is 1. The average Bonchev–Trinajstić information content (AvgIpc) is 3.38. The van der Waals surface area contributed by atoms with Gasteiger partial charge in [0.1, 0.15) is 11.3 Å². The summed E-state index contributed by atoms with van der Waals surface area (Å²) in [5.74, 6) is 2.24. The first-order chi connectivity index (χ1) is 19.8. The van der Waals surface area contributed by atoms with Crippen molar-refractivity contribution < 1.29 is 19.7 Å². The van der Waals surface area contributed by atoms with E-state index in [2.05, 4.69) is 47.3 Å². The molecule has 42 heavy (non-hydrogen) atoms. The third kappa shape index (κ3) is 4.28. The van der Waals surface area contributed by atoms with Crippen molar-refractivity contribution in [1.29, 1.82) is 0 Å². The van der Waals surface area contributed by atoms with Crippen LogP contribution in [0.25, 0.3) is 5.57 Å². The normalized spacial score (nSPS) is 41.5. The molecule has 0 saturated heterocycles. The van der Waals surface area contributed by atoms with Crippen LogP contribution in [0, 0.1) is 50.7 Å². The largest absolute Gasteiger partial charge is 0.496 e. The van der Waals surface area contributed by atoms with Crippen molar-refractivity contribution in [3.8, 4) is 5.75 Å². The van der Waals surface area contributed by atoms with Crippen LogP contribution in [-0.4, -0.2) is 29.9 Å². The summed E-state index contributed by atoms with van der Waals surface area (Å²) in [7, 11) is 1.56. The van der Waals surface area contributed by atoms with Crippen LogP contribution in [0.3, 0.4) is 0 Å². The van der Waals surface area contributed by atoms with Crippen molar-refractivity contribution in [2.75, 3.05) is 13.7 Å². The number of ether oxygens (including phenoxy) is 1. The topological polar surface area (TPSA) is 66.8 Å². The Kier molecular flexibility index (Phi) is 8.08. The molecule has 4 saturated carbocycles. The molecule has 4 fully saturated rings. The first-order valence-corrected chi connectivity index (χ1v) is 16.6. The third-order valence-corrected chi connectivity index (χ3v) is 14.2. The molecule has 7 unspecified atom stereocenters. The molecule has 4 heteroatoms. The molecule has 1 aromatic carbocycles. The predicted octanol–water partition coefficient (Wildman–Crippen LogP) is 9.43. The molecule has 0 spiro atoms. The van der Waals surface area contributed by atoms with Crippen molar-refractivity contribution in [3.63, 3.8) is 0 Å². The SMILES string of the molecule is C=CC.COc1cc(C2=CCC3(C)C(CCC4(C)C3CCC3C5CCCC5(CO)CC[C@]34C)C2(C)C)ccc1C(=O)O. The van der Waals surface area contributed by atoms with Gasteiger partial charge >= 0.3 is 5.97 Å². The van der Waals surface area contributed by atoms with Crippen molar-refractivity contribution >= 4 is 11.5 Å². The van der Waals surface area contributed by atoms with Gasteiger partial charge in [0.15, 0.2) is 0 Å². The molecule has 1 aromatic rings. The van der Waals surface area contributed by atoms with E-state index in [0.717, 1.165) is 17.9 Å². The van der Waals surface area contributed by atoms with Crippen molar-refractivity contribution in [1.82, 2.24) is 0 Å². The number of hydrogen-bond acceptors (Lipinski definition) is 3. The average molecular weight is 577 g/mol. The first kappa shape index (κ1) is 31.4. The third-order valence-electron chi connectivity index (χ3n) is 14.2. The molecule has 0 aliphatic heterocycles. The number of fused-ring (bicyclic) bond motifs is 7. The Morgan fingerprint density at radius 3 is 2.33 bits per heavy atom. The standard InChI is InChI=1S/C35H50O4.C3H6/c1-31(2)24(22-9-10-23(30(37)38)27(20-22)39-6)13-16-32(3)28(31)14-17-34(5)29(32)12-11-25-26-8-7-15-35(26,21-36)19-18-33(25,34)4;1-3-2/h9-10,13,20,25-26,28-29,36H,7-8,11-12,14-19,21H2,1-6H3,(H,37,38);3H,1H2,2H3/t25?,26?,28?,29?,32?,33-,34?,35?;/m1./s1. The van der Waals surface area contributed by atoms with E-state index in [0.29, 0.717) is 40.9 Å². The van der Waals surface area contributed by atoms with E-state index in [1.807, 2.05) is 19.1 Å². The number of aromatic carboxylic acids is 1. The minimum atomic E-state index is -0.949. The minimum absolute atomic E-state index is 0.00804. The number of hydrogen-bond donors (Lipinski definition) is 2. The molecule has 0 aromatic heterocycles. The van der Waals surface area contributed by atoms with Gasteiger partial charge in [-0.15, -0.1) is 6.58 Å². The monoisotopic (exact) mass is 576 g/mol. The smallest absolute Gasteiger partial charge is 0.339 e. The van der Waals surface area contributed by atoms with E-state index in [9.17, 15) is 15.0 Å². The zero-order chi connectivity index (χ0) is 30.7. The highest BCUT2D eigenvalue weighted by atomic mass is 16.5. The second-order valence-electron chi connectivity index (χ2n) is 15.9. The van der Waals surface area contributed by atoms with Gasteiger partial charge in [-0.3, -0.25) is 0 Å². The summed E-state index contributed by atoms with van der Waals surface area (Å²) in [6, 6.07) is 5.63. The van der Waals surface area contributed by atoms with Gasteiger partial charge in [0.05, 0.1) is 7.11 Å². The zero-order valence-electron chi connectivity index (χ0n) is 27.4. The maximum absolute atomic E-state index is 11.7. The molecule has 232 valence electrons. The second kappa shape index (κ2) is 10.8. The number of methoxy groups -OCH3 is 1. The molecule has 5 aliphatic carbocycles. The van der Waals surface area contributed by atoms with E-state index in [1.54, 1.807) is 19.3 Å². The van der Waals surface area contributed by atoms with Crippen molar-refractivity contribution in [3.05, 3.63) is 48.1 Å². The molecule has 5 aliphatic rings. The molecule has 0 amide bonds. The second-order valence-corrected chi connectivity index (χ2v) is 15.9. The molecular formula is C38H56O4. The van der Waals surface area contributed by atoms with Crippen LogP contribution in [-0.2, 0) is 0 Å². The van der Waals surface area contributed by atoms with Gasteiger partial charge in [-0.1, -0.05) is 59.3 Å². The first-order valence-electron chi connectivity index (χ1n) is 16.6. The van der Waals surface area contributed by atoms with Gasteiger partial charge in [0.25, 0.3) is 0 Å². The lowest BCUT2D eigenvalue weighted by Crippen LogP contribution is -2.65. The Bertz CT molecular complexity index is 1250. The summed E-state index contributed by atoms with van der Waals surface area (Å²) >= 11 is 0. The Hall–Kier alpha value is -2.07. The zero-order valence-corrected chi connectivity index (χ0v) is 27.4. The fraction of sp³-hybridized carbons (Fsp3) is 0.711. The van der Waals surface area contributed by atoms with Gasteiger partial charge in [-0.05, 0) is 139 Å². The van der Waals surface area contributed by atoms with Gasteiger partial charge in [-0.25, -0.2) is 4.79 Å². The molecule has 0 radical (unpaired) electrons. The van der Waals surface area contributed by atoms with E-state index in [4.69, 9.17) is 4.74 Å². The van der Waals surface area contributed by atoms with Crippen LogP contribution in [0.2, 0.25) is 0 Å². The van der Waals surface area contributed by atoms with E-state index in [-0.39, 0.29) is 21.8 Å². The Morgan fingerprint density at radius 2 is 1.69 bits per heavy atom. The number of rotatable bonds is 4. The summed E-state index contributed by atoms with van der Waals surface area (Å²) in [5.41, 5.74) is 3.80. The van der Waals surface area contributed by atoms with E-state index >= 15 is 0 Å². The maximum Gasteiger partial charge on any atom is 0.339 e. The maximum atomic E-state index is 11.7. The Balaban J connectivity index is 0.00000113. The molecule has 2 N–H and O–H groups in total. The lowest BCUT2D eigenvalue weighted by atomic mass is 9.33. The van der Waals surface area contributed by atoms with Crippen LogP contribution in [0.5, 0.6) is 5.75 Å². The molecular weight excluding hydrogens is 520 g/mol. The molecule has 4 nitrogen and oxygen atoms in total. The lowest BCUT2D eigenvalue weighted by molar-refractivity contribution is -0.225. The van der Waals surface area contributed by atoms with Crippen LogP contribution in [0.15, 0.2) is 36.9 Å². The molecule has 6 rings (SSSR count). The quantitative estimate of drug-likeness (QED) is 0.350. The number of carbonyl (C=O) groups is 1. The molecule has 0 heterocycles. The summed E-state index contributed by atoms with van der Waals surface area (Å²) in [5, 5.41) is 20.1. The van der Waals surface area contributed by atoms with Crippen LogP contribution < -0.4 is 4.74 Å². The minimum Gasteiger partial charge on any atom is -0.496 e. The van der Waals surface area contributed by atoms with E-state index < -0.39 is 5.97 Å². The molecule has 0 bridgehead atoms.